The van der Waals surface area contributed by atoms with Crippen LogP contribution in [0.1, 0.15) is 47.0 Å². The van der Waals surface area contributed by atoms with Crippen LogP contribution < -0.4 is 5.73 Å². The predicted octanol–water partition coefficient (Wildman–Crippen LogP) is 1.91. The van der Waals surface area contributed by atoms with E-state index in [-0.39, 0.29) is 23.0 Å². The second kappa shape index (κ2) is 3.25. The lowest BCUT2D eigenvalue weighted by atomic mass is 9.61. The zero-order valence-corrected chi connectivity index (χ0v) is 9.30. The zero-order chi connectivity index (χ0) is 10.3. The smallest absolute Gasteiger partial charge is 0.0566 e. The molecule has 1 fully saturated rings. The third-order valence-corrected chi connectivity index (χ3v) is 3.43. The van der Waals surface area contributed by atoms with Gasteiger partial charge in [0.05, 0.1) is 6.10 Å². The summed E-state index contributed by atoms with van der Waals surface area (Å²) in [5, 5.41) is 9.73. The average Bonchev–Trinajstić information content (AvgIpc) is 1.79. The SMILES string of the molecule is CC(O)C1(C)CC(N)CC(C)(C)C1. The van der Waals surface area contributed by atoms with Crippen molar-refractivity contribution >= 4 is 0 Å². The number of hydrogen-bond acceptors (Lipinski definition) is 2. The molecule has 3 N–H and O–H groups in total. The maximum Gasteiger partial charge on any atom is 0.0566 e. The Kier molecular flexibility index (Phi) is 2.75. The van der Waals surface area contributed by atoms with Crippen molar-refractivity contribution in [3.63, 3.8) is 0 Å². The van der Waals surface area contributed by atoms with Crippen LogP contribution in [0.25, 0.3) is 0 Å². The topological polar surface area (TPSA) is 46.2 Å². The molecule has 1 saturated carbocycles. The fraction of sp³-hybridized carbons (Fsp3) is 1.00. The van der Waals surface area contributed by atoms with E-state index in [1.807, 2.05) is 6.92 Å². The minimum absolute atomic E-state index is 0.0150. The molecular weight excluding hydrogens is 162 g/mol. The fourth-order valence-corrected chi connectivity index (χ4v) is 2.94. The molecule has 2 heteroatoms. The quantitative estimate of drug-likeness (QED) is 0.655. The van der Waals surface area contributed by atoms with Crippen LogP contribution in [0.3, 0.4) is 0 Å². The monoisotopic (exact) mass is 185 g/mol. The minimum Gasteiger partial charge on any atom is -0.393 e. The number of aliphatic hydroxyl groups is 1. The molecule has 0 aromatic carbocycles. The second-order valence-electron chi connectivity index (χ2n) is 5.84. The van der Waals surface area contributed by atoms with Gasteiger partial charge in [0, 0.05) is 6.04 Å². The lowest BCUT2D eigenvalue weighted by molar-refractivity contribution is -0.0233. The van der Waals surface area contributed by atoms with Gasteiger partial charge in [-0.1, -0.05) is 20.8 Å². The first-order valence-corrected chi connectivity index (χ1v) is 5.19. The number of rotatable bonds is 1. The third kappa shape index (κ3) is 2.44. The molecule has 2 nitrogen and oxygen atoms in total. The first-order chi connectivity index (χ1) is 5.75. The van der Waals surface area contributed by atoms with E-state index in [1.165, 1.54) is 0 Å². The molecule has 0 aromatic heterocycles. The number of nitrogens with two attached hydrogens (primary N) is 1. The van der Waals surface area contributed by atoms with E-state index in [0.29, 0.717) is 0 Å². The Morgan fingerprint density at radius 3 is 2.23 bits per heavy atom. The molecule has 0 aliphatic heterocycles. The Morgan fingerprint density at radius 2 is 1.85 bits per heavy atom. The highest BCUT2D eigenvalue weighted by atomic mass is 16.3. The third-order valence-electron chi connectivity index (χ3n) is 3.43. The first-order valence-electron chi connectivity index (χ1n) is 5.19. The van der Waals surface area contributed by atoms with Crippen molar-refractivity contribution < 1.29 is 5.11 Å². The molecule has 1 aliphatic carbocycles. The van der Waals surface area contributed by atoms with Gasteiger partial charge in [0.1, 0.15) is 0 Å². The summed E-state index contributed by atoms with van der Waals surface area (Å²) in [4.78, 5) is 0. The van der Waals surface area contributed by atoms with Crippen LogP contribution in [0.15, 0.2) is 0 Å². The summed E-state index contributed by atoms with van der Waals surface area (Å²) in [6.45, 7) is 8.52. The Bertz CT molecular complexity index is 189. The normalized spacial score (nSPS) is 41.5. The van der Waals surface area contributed by atoms with Gasteiger partial charge < -0.3 is 10.8 Å². The molecular formula is C11H23NO. The van der Waals surface area contributed by atoms with E-state index in [9.17, 15) is 5.11 Å². The van der Waals surface area contributed by atoms with Crippen LogP contribution in [0.5, 0.6) is 0 Å². The van der Waals surface area contributed by atoms with Gasteiger partial charge in [-0.15, -0.1) is 0 Å². The van der Waals surface area contributed by atoms with E-state index < -0.39 is 0 Å². The van der Waals surface area contributed by atoms with Gasteiger partial charge in [-0.2, -0.15) is 0 Å². The molecule has 1 aliphatic rings. The lowest BCUT2D eigenvalue weighted by Gasteiger charge is -2.47. The molecule has 3 unspecified atom stereocenters. The standard InChI is InChI=1S/C11H23NO/c1-8(13)11(4)6-9(12)5-10(2,3)7-11/h8-9,13H,5-7,12H2,1-4H3. The molecule has 0 heterocycles. The van der Waals surface area contributed by atoms with Crippen LogP contribution in [-0.4, -0.2) is 17.3 Å². The molecule has 3 atom stereocenters. The largest absolute Gasteiger partial charge is 0.393 e. The lowest BCUT2D eigenvalue weighted by Crippen LogP contribution is -2.46. The molecule has 13 heavy (non-hydrogen) atoms. The van der Waals surface area contributed by atoms with Crippen molar-refractivity contribution in [1.82, 2.24) is 0 Å². The highest BCUT2D eigenvalue weighted by Gasteiger charge is 2.42. The Morgan fingerprint density at radius 1 is 1.31 bits per heavy atom. The first kappa shape index (κ1) is 11.0. The summed E-state index contributed by atoms with van der Waals surface area (Å²) in [7, 11) is 0. The van der Waals surface area contributed by atoms with Crippen LogP contribution in [-0.2, 0) is 0 Å². The van der Waals surface area contributed by atoms with E-state index in [0.717, 1.165) is 19.3 Å². The fourth-order valence-electron chi connectivity index (χ4n) is 2.94. The van der Waals surface area contributed by atoms with Crippen molar-refractivity contribution in [1.29, 1.82) is 0 Å². The van der Waals surface area contributed by atoms with Crippen LogP contribution in [0, 0.1) is 10.8 Å². The van der Waals surface area contributed by atoms with E-state index in [2.05, 4.69) is 20.8 Å². The molecule has 0 aromatic rings. The van der Waals surface area contributed by atoms with Crippen LogP contribution >= 0.6 is 0 Å². The van der Waals surface area contributed by atoms with Crippen LogP contribution in [0.4, 0.5) is 0 Å². The molecule has 78 valence electrons. The molecule has 0 radical (unpaired) electrons. The average molecular weight is 185 g/mol. The summed E-state index contributed by atoms with van der Waals surface area (Å²) in [5.74, 6) is 0. The molecule has 1 rings (SSSR count). The number of aliphatic hydroxyl groups excluding tert-OH is 1. The van der Waals surface area contributed by atoms with Crippen molar-refractivity contribution in [2.24, 2.45) is 16.6 Å². The van der Waals surface area contributed by atoms with Crippen LogP contribution in [0.2, 0.25) is 0 Å². The van der Waals surface area contributed by atoms with E-state index in [4.69, 9.17) is 5.73 Å². The summed E-state index contributed by atoms with van der Waals surface area (Å²) in [6.07, 6.45) is 2.85. The summed E-state index contributed by atoms with van der Waals surface area (Å²) < 4.78 is 0. The maximum atomic E-state index is 9.73. The summed E-state index contributed by atoms with van der Waals surface area (Å²) in [6, 6.07) is 0.253. The van der Waals surface area contributed by atoms with E-state index in [1.54, 1.807) is 0 Å². The Balaban J connectivity index is 2.78. The maximum absolute atomic E-state index is 9.73. The highest BCUT2D eigenvalue weighted by Crippen LogP contribution is 2.47. The zero-order valence-electron chi connectivity index (χ0n) is 9.30. The van der Waals surface area contributed by atoms with Gasteiger partial charge in [0.2, 0.25) is 0 Å². The molecule has 0 bridgehead atoms. The van der Waals surface area contributed by atoms with Crippen molar-refractivity contribution in [2.45, 2.75) is 59.1 Å². The molecule has 0 spiro atoms. The molecule has 0 saturated heterocycles. The summed E-state index contributed by atoms with van der Waals surface area (Å²) >= 11 is 0. The van der Waals surface area contributed by atoms with Gasteiger partial charge >= 0.3 is 0 Å². The van der Waals surface area contributed by atoms with Crippen molar-refractivity contribution in [3.8, 4) is 0 Å². The van der Waals surface area contributed by atoms with Gasteiger partial charge in [0.15, 0.2) is 0 Å². The van der Waals surface area contributed by atoms with Crippen molar-refractivity contribution in [3.05, 3.63) is 0 Å². The van der Waals surface area contributed by atoms with E-state index >= 15 is 0 Å². The Hall–Kier alpha value is -0.0800. The minimum atomic E-state index is -0.252. The van der Waals surface area contributed by atoms with Crippen molar-refractivity contribution in [2.75, 3.05) is 0 Å². The second-order valence-corrected chi connectivity index (χ2v) is 5.84. The summed E-state index contributed by atoms with van der Waals surface area (Å²) in [5.41, 5.74) is 6.31. The Labute approximate surface area is 81.5 Å². The van der Waals surface area contributed by atoms with Gasteiger partial charge in [0.25, 0.3) is 0 Å². The predicted molar refractivity (Wildman–Crippen MR) is 55.4 cm³/mol. The highest BCUT2D eigenvalue weighted by molar-refractivity contribution is 4.95. The number of hydrogen-bond donors (Lipinski definition) is 2. The van der Waals surface area contributed by atoms with Gasteiger partial charge in [-0.25, -0.2) is 0 Å². The van der Waals surface area contributed by atoms with Gasteiger partial charge in [-0.05, 0) is 37.0 Å². The van der Waals surface area contributed by atoms with Gasteiger partial charge in [-0.3, -0.25) is 0 Å². The molecule has 0 amide bonds.